The first kappa shape index (κ1) is 24.7. The molecule has 7 nitrogen and oxygen atoms in total. The van der Waals surface area contributed by atoms with Gasteiger partial charge in [-0.25, -0.2) is 4.90 Å². The van der Waals surface area contributed by atoms with Crippen LogP contribution in [0.5, 0.6) is 0 Å². The topological polar surface area (TPSA) is 82.2 Å². The fraction of sp³-hybridized carbons (Fsp3) is 0. The van der Waals surface area contributed by atoms with Crippen molar-refractivity contribution in [3.63, 3.8) is 0 Å². The van der Waals surface area contributed by atoms with Gasteiger partial charge in [-0.2, -0.15) is 0 Å². The van der Waals surface area contributed by atoms with E-state index >= 15 is 0 Å². The lowest BCUT2D eigenvalue weighted by Gasteiger charge is -2.28. The van der Waals surface area contributed by atoms with Crippen LogP contribution < -0.4 is 9.80 Å². The molecule has 204 valence electrons. The summed E-state index contributed by atoms with van der Waals surface area (Å²) >= 11 is 0. The number of hydrogen-bond donors (Lipinski definition) is 1. The number of aromatic nitrogens is 3. The molecule has 6 aromatic carbocycles. The number of carbonyl (C=O) groups is 2. The van der Waals surface area contributed by atoms with E-state index in [-0.39, 0.29) is 11.8 Å². The summed E-state index contributed by atoms with van der Waals surface area (Å²) in [5.74, 6) is -0.715. The Labute approximate surface area is 246 Å². The Balaban J connectivity index is 1.20. The van der Waals surface area contributed by atoms with Gasteiger partial charge in [-0.05, 0) is 83.2 Å². The highest BCUT2D eigenvalue weighted by atomic mass is 16.2. The fourth-order valence-electron chi connectivity index (χ4n) is 5.95. The number of H-pyrrole nitrogens is 1. The number of anilines is 4. The molecule has 0 fully saturated rings. The van der Waals surface area contributed by atoms with Crippen LogP contribution in [0.4, 0.5) is 22.7 Å². The van der Waals surface area contributed by atoms with Crippen molar-refractivity contribution in [2.45, 2.75) is 0 Å². The van der Waals surface area contributed by atoms with E-state index < -0.39 is 0 Å². The van der Waals surface area contributed by atoms with Crippen LogP contribution >= 0.6 is 0 Å². The largest absolute Gasteiger partial charge is 0.311 e. The number of rotatable bonds is 5. The molecule has 8 rings (SSSR count). The van der Waals surface area contributed by atoms with Crippen LogP contribution in [0.15, 0.2) is 133 Å². The lowest BCUT2D eigenvalue weighted by molar-refractivity contribution is 0.0893. The predicted molar refractivity (Wildman–Crippen MR) is 169 cm³/mol. The number of nitrogens with zero attached hydrogens (tertiary/aromatic N) is 4. The molecule has 0 saturated carbocycles. The molecule has 0 aliphatic carbocycles. The van der Waals surface area contributed by atoms with Crippen LogP contribution in [0.1, 0.15) is 20.7 Å². The number of aromatic amines is 1. The maximum absolute atomic E-state index is 13.8. The smallest absolute Gasteiger partial charge is 0.265 e. The molecule has 2 heterocycles. The zero-order valence-corrected chi connectivity index (χ0v) is 22.8. The van der Waals surface area contributed by atoms with Crippen molar-refractivity contribution in [2.24, 2.45) is 0 Å². The van der Waals surface area contributed by atoms with Gasteiger partial charge < -0.3 is 4.90 Å². The van der Waals surface area contributed by atoms with Gasteiger partial charge in [-0.1, -0.05) is 71.9 Å². The summed E-state index contributed by atoms with van der Waals surface area (Å²) in [6.45, 7) is 0. The monoisotopic (exact) mass is 557 g/mol. The molecule has 1 aliphatic heterocycles. The molecule has 43 heavy (non-hydrogen) atoms. The molecular formula is C36H23N5O2. The molecule has 0 spiro atoms. The Morgan fingerprint density at radius 2 is 1.21 bits per heavy atom. The molecule has 1 N–H and O–H groups in total. The van der Waals surface area contributed by atoms with Crippen molar-refractivity contribution in [1.82, 2.24) is 15.4 Å². The maximum Gasteiger partial charge on any atom is 0.265 e. The Morgan fingerprint density at radius 3 is 1.91 bits per heavy atom. The molecule has 7 heteroatoms. The standard InChI is InChI=1S/C36H23N5O2/c42-35-30-13-7-12-29-28(19-20-31(34(29)30)36(43)41(35)27-18-21-32-33(22-27)38-39-37-32)23-14-16-26(17-15-23)40(24-8-3-1-4-9-24)25-10-5-2-6-11-25/h1-22H,(H,37,38,39). The van der Waals surface area contributed by atoms with E-state index in [2.05, 4.69) is 68.8 Å². The number of imide groups is 1. The summed E-state index contributed by atoms with van der Waals surface area (Å²) in [6, 6.07) is 43.5. The first-order chi connectivity index (χ1) is 21.2. The fourth-order valence-corrected chi connectivity index (χ4v) is 5.95. The SMILES string of the molecule is O=C1c2cccc3c(-c4ccc(N(c5ccccc5)c5ccccc5)cc4)ccc(c23)C(=O)N1c1ccc2nn[nH]c2c1. The molecule has 2 amide bonds. The van der Waals surface area contributed by atoms with Crippen LogP contribution in [0.2, 0.25) is 0 Å². The number of nitrogens with one attached hydrogen (secondary N) is 1. The van der Waals surface area contributed by atoms with Gasteiger partial charge in [0.05, 0.1) is 11.2 Å². The highest BCUT2D eigenvalue weighted by Crippen LogP contribution is 2.40. The van der Waals surface area contributed by atoms with E-state index in [0.29, 0.717) is 33.2 Å². The third-order valence-electron chi connectivity index (χ3n) is 7.94. The Hall–Kier alpha value is -6.08. The minimum absolute atomic E-state index is 0.358. The van der Waals surface area contributed by atoms with Gasteiger partial charge in [-0.15, -0.1) is 5.10 Å². The Bertz CT molecular complexity index is 2110. The van der Waals surface area contributed by atoms with Crippen LogP contribution in [-0.2, 0) is 0 Å². The molecule has 0 bridgehead atoms. The summed E-state index contributed by atoms with van der Waals surface area (Å²) in [6.07, 6.45) is 0. The second kappa shape index (κ2) is 9.78. The Morgan fingerprint density at radius 1 is 0.581 bits per heavy atom. The first-order valence-corrected chi connectivity index (χ1v) is 13.9. The summed E-state index contributed by atoms with van der Waals surface area (Å²) < 4.78 is 0. The number of hydrogen-bond acceptors (Lipinski definition) is 5. The van der Waals surface area contributed by atoms with Crippen molar-refractivity contribution in [2.75, 3.05) is 9.80 Å². The van der Waals surface area contributed by atoms with Crippen molar-refractivity contribution in [3.05, 3.63) is 145 Å². The third kappa shape index (κ3) is 3.98. The third-order valence-corrected chi connectivity index (χ3v) is 7.94. The summed E-state index contributed by atoms with van der Waals surface area (Å²) in [5, 5.41) is 12.2. The van der Waals surface area contributed by atoms with Crippen molar-refractivity contribution < 1.29 is 9.59 Å². The van der Waals surface area contributed by atoms with E-state index in [0.717, 1.165) is 33.6 Å². The van der Waals surface area contributed by atoms with Crippen molar-refractivity contribution >= 4 is 56.4 Å². The van der Waals surface area contributed by atoms with E-state index in [1.807, 2.05) is 60.7 Å². The number of fused-ring (bicyclic) bond motifs is 1. The van der Waals surface area contributed by atoms with E-state index in [1.54, 1.807) is 24.3 Å². The maximum atomic E-state index is 13.8. The summed E-state index contributed by atoms with van der Waals surface area (Å²) in [7, 11) is 0. The van der Waals surface area contributed by atoms with Gasteiger partial charge in [0.1, 0.15) is 5.52 Å². The molecule has 1 aliphatic rings. The van der Waals surface area contributed by atoms with Crippen molar-refractivity contribution in [1.29, 1.82) is 0 Å². The normalized spacial score (nSPS) is 12.7. The van der Waals surface area contributed by atoms with Crippen molar-refractivity contribution in [3.8, 4) is 11.1 Å². The van der Waals surface area contributed by atoms with Gasteiger partial charge in [-0.3, -0.25) is 14.7 Å². The van der Waals surface area contributed by atoms with Crippen LogP contribution in [-0.4, -0.2) is 27.2 Å². The molecule has 0 radical (unpaired) electrons. The highest BCUT2D eigenvalue weighted by Gasteiger charge is 2.34. The first-order valence-electron chi connectivity index (χ1n) is 13.9. The molecule has 1 aromatic heterocycles. The zero-order chi connectivity index (χ0) is 28.9. The van der Waals surface area contributed by atoms with Gasteiger partial charge >= 0.3 is 0 Å². The number of amides is 2. The van der Waals surface area contributed by atoms with E-state index in [1.165, 1.54) is 4.90 Å². The minimum atomic E-state index is -0.358. The minimum Gasteiger partial charge on any atom is -0.311 e. The molecule has 0 saturated heterocycles. The number of carbonyl (C=O) groups excluding carboxylic acids is 2. The summed E-state index contributed by atoms with van der Waals surface area (Å²) in [5.41, 5.74) is 7.87. The highest BCUT2D eigenvalue weighted by molar-refractivity contribution is 6.36. The van der Waals surface area contributed by atoms with Gasteiger partial charge in [0.15, 0.2) is 0 Å². The lowest BCUT2D eigenvalue weighted by atomic mass is 9.89. The average Bonchev–Trinajstić information content (AvgIpc) is 3.53. The average molecular weight is 558 g/mol. The van der Waals surface area contributed by atoms with Crippen LogP contribution in [0.3, 0.4) is 0 Å². The second-order valence-corrected chi connectivity index (χ2v) is 10.4. The second-order valence-electron chi connectivity index (χ2n) is 10.4. The number of benzene rings is 6. The molecule has 0 atom stereocenters. The summed E-state index contributed by atoms with van der Waals surface area (Å²) in [4.78, 5) is 31.0. The van der Waals surface area contributed by atoms with Gasteiger partial charge in [0.25, 0.3) is 11.8 Å². The van der Waals surface area contributed by atoms with Crippen LogP contribution in [0.25, 0.3) is 32.9 Å². The predicted octanol–water partition coefficient (Wildman–Crippen LogP) is 8.05. The molecular weight excluding hydrogens is 534 g/mol. The zero-order valence-electron chi connectivity index (χ0n) is 22.8. The van der Waals surface area contributed by atoms with E-state index in [9.17, 15) is 9.59 Å². The van der Waals surface area contributed by atoms with Gasteiger partial charge in [0, 0.05) is 33.6 Å². The molecule has 0 unspecified atom stereocenters. The Kier molecular flexibility index (Phi) is 5.62. The lowest BCUT2D eigenvalue weighted by Crippen LogP contribution is -2.40. The number of para-hydroxylation sites is 2. The quantitative estimate of drug-likeness (QED) is 0.217. The molecule has 7 aromatic rings. The van der Waals surface area contributed by atoms with Crippen LogP contribution in [0, 0.1) is 0 Å². The van der Waals surface area contributed by atoms with Gasteiger partial charge in [0.2, 0.25) is 0 Å². The van der Waals surface area contributed by atoms with E-state index in [4.69, 9.17) is 0 Å².